The Balaban J connectivity index is 1.49. The third-order valence-corrected chi connectivity index (χ3v) is 5.16. The maximum Gasteiger partial charge on any atom is 0.315 e. The fraction of sp³-hybridized carbons (Fsp3) is 0.941. The van der Waals surface area contributed by atoms with Crippen molar-refractivity contribution in [2.24, 2.45) is 11.8 Å². The molecule has 4 heteroatoms. The first-order valence-electron chi connectivity index (χ1n) is 8.90. The second kappa shape index (κ2) is 8.62. The van der Waals surface area contributed by atoms with E-state index in [2.05, 4.69) is 29.4 Å². The van der Waals surface area contributed by atoms with E-state index in [1.54, 1.807) is 0 Å². The maximum atomic E-state index is 11.9. The standard InChI is InChI=1S/C17H33N3O/c1-14-4-6-16(7-5-14)19-17(21)18-10-3-11-20-12-8-15(2)9-13-20/h14-16H,3-13H2,1-2H3,(H2,18,19,21). The monoisotopic (exact) mass is 295 g/mol. The van der Waals surface area contributed by atoms with Crippen LogP contribution in [0.3, 0.4) is 0 Å². The Morgan fingerprint density at radius 1 is 1.00 bits per heavy atom. The first kappa shape index (κ1) is 16.6. The third kappa shape index (κ3) is 6.25. The predicted octanol–water partition coefficient (Wildman–Crippen LogP) is 2.99. The summed E-state index contributed by atoms with van der Waals surface area (Å²) in [6, 6.07) is 0.423. The van der Waals surface area contributed by atoms with Gasteiger partial charge in [-0.15, -0.1) is 0 Å². The average molecular weight is 295 g/mol. The first-order chi connectivity index (χ1) is 10.1. The van der Waals surface area contributed by atoms with Gasteiger partial charge in [0.15, 0.2) is 0 Å². The molecule has 0 aromatic heterocycles. The highest BCUT2D eigenvalue weighted by Gasteiger charge is 2.19. The van der Waals surface area contributed by atoms with Crippen molar-refractivity contribution in [1.82, 2.24) is 15.5 Å². The van der Waals surface area contributed by atoms with E-state index in [1.165, 1.54) is 38.8 Å². The van der Waals surface area contributed by atoms with Crippen LogP contribution in [0.5, 0.6) is 0 Å². The molecule has 1 heterocycles. The van der Waals surface area contributed by atoms with E-state index in [4.69, 9.17) is 0 Å². The van der Waals surface area contributed by atoms with Crippen molar-refractivity contribution in [1.29, 1.82) is 0 Å². The zero-order valence-corrected chi connectivity index (χ0v) is 13.9. The van der Waals surface area contributed by atoms with Crippen molar-refractivity contribution in [3.63, 3.8) is 0 Å². The molecule has 0 unspecified atom stereocenters. The van der Waals surface area contributed by atoms with E-state index < -0.39 is 0 Å². The number of nitrogens with one attached hydrogen (secondary N) is 2. The Kier molecular flexibility index (Phi) is 6.81. The molecule has 0 radical (unpaired) electrons. The Bertz CT molecular complexity index is 305. The molecule has 1 aliphatic heterocycles. The van der Waals surface area contributed by atoms with Crippen LogP contribution in [-0.2, 0) is 0 Å². The highest BCUT2D eigenvalue weighted by molar-refractivity contribution is 5.74. The molecule has 1 aliphatic carbocycles. The van der Waals surface area contributed by atoms with Gasteiger partial charge >= 0.3 is 6.03 Å². The molecule has 2 fully saturated rings. The summed E-state index contributed by atoms with van der Waals surface area (Å²) >= 11 is 0. The van der Waals surface area contributed by atoms with Gasteiger partial charge in [0.2, 0.25) is 0 Å². The third-order valence-electron chi connectivity index (χ3n) is 5.16. The van der Waals surface area contributed by atoms with E-state index in [0.29, 0.717) is 6.04 Å². The fourth-order valence-corrected chi connectivity index (χ4v) is 3.43. The van der Waals surface area contributed by atoms with Crippen molar-refractivity contribution >= 4 is 6.03 Å². The lowest BCUT2D eigenvalue weighted by Crippen LogP contribution is -2.44. The van der Waals surface area contributed by atoms with E-state index in [9.17, 15) is 4.79 Å². The molecule has 0 spiro atoms. The summed E-state index contributed by atoms with van der Waals surface area (Å²) in [5, 5.41) is 6.13. The van der Waals surface area contributed by atoms with Crippen molar-refractivity contribution < 1.29 is 4.79 Å². The minimum Gasteiger partial charge on any atom is -0.338 e. The van der Waals surface area contributed by atoms with E-state index in [1.807, 2.05) is 0 Å². The molecule has 0 atom stereocenters. The Labute approximate surface area is 130 Å². The van der Waals surface area contributed by atoms with Crippen molar-refractivity contribution in [2.45, 2.75) is 64.8 Å². The second-order valence-electron chi connectivity index (χ2n) is 7.23. The molecule has 2 N–H and O–H groups in total. The Morgan fingerprint density at radius 2 is 1.62 bits per heavy atom. The second-order valence-corrected chi connectivity index (χ2v) is 7.23. The smallest absolute Gasteiger partial charge is 0.315 e. The van der Waals surface area contributed by atoms with Crippen molar-refractivity contribution in [3.8, 4) is 0 Å². The highest BCUT2D eigenvalue weighted by atomic mass is 16.2. The number of amides is 2. The van der Waals surface area contributed by atoms with E-state index >= 15 is 0 Å². The number of carbonyl (C=O) groups is 1. The SMILES string of the molecule is CC1CCC(NC(=O)NCCCN2CCC(C)CC2)CC1. The summed E-state index contributed by atoms with van der Waals surface area (Å²) in [7, 11) is 0. The number of hydrogen-bond donors (Lipinski definition) is 2. The summed E-state index contributed by atoms with van der Waals surface area (Å²) in [5.41, 5.74) is 0. The van der Waals surface area contributed by atoms with Gasteiger partial charge in [0.25, 0.3) is 0 Å². The highest BCUT2D eigenvalue weighted by Crippen LogP contribution is 2.23. The normalized spacial score (nSPS) is 28.3. The molecule has 0 aromatic rings. The first-order valence-corrected chi connectivity index (χ1v) is 8.90. The number of urea groups is 1. The minimum atomic E-state index is 0.0295. The number of piperidine rings is 1. The number of nitrogens with zero attached hydrogens (tertiary/aromatic N) is 1. The van der Waals surface area contributed by atoms with Gasteiger partial charge in [-0.3, -0.25) is 0 Å². The summed E-state index contributed by atoms with van der Waals surface area (Å²) in [5.74, 6) is 1.72. The lowest BCUT2D eigenvalue weighted by Gasteiger charge is -2.30. The molecule has 21 heavy (non-hydrogen) atoms. The summed E-state index contributed by atoms with van der Waals surface area (Å²) in [6.07, 6.45) is 8.49. The van der Waals surface area contributed by atoms with Gasteiger partial charge in [-0.1, -0.05) is 13.8 Å². The molecule has 2 rings (SSSR count). The molecule has 2 aliphatic rings. The lowest BCUT2D eigenvalue weighted by atomic mass is 9.87. The van der Waals surface area contributed by atoms with Gasteiger partial charge < -0.3 is 15.5 Å². The predicted molar refractivity (Wildman–Crippen MR) is 87.4 cm³/mol. The fourth-order valence-electron chi connectivity index (χ4n) is 3.43. The van der Waals surface area contributed by atoms with Crippen LogP contribution < -0.4 is 10.6 Å². The Hall–Kier alpha value is -0.770. The van der Waals surface area contributed by atoms with Crippen molar-refractivity contribution in [3.05, 3.63) is 0 Å². The van der Waals surface area contributed by atoms with Crippen LogP contribution in [0, 0.1) is 11.8 Å². The molecule has 4 nitrogen and oxygen atoms in total. The zero-order valence-electron chi connectivity index (χ0n) is 13.9. The summed E-state index contributed by atoms with van der Waals surface area (Å²) < 4.78 is 0. The molecular weight excluding hydrogens is 262 g/mol. The molecule has 122 valence electrons. The molecular formula is C17H33N3O. The van der Waals surface area contributed by atoms with E-state index in [0.717, 1.165) is 44.2 Å². The quantitative estimate of drug-likeness (QED) is 0.766. The average Bonchev–Trinajstić information content (AvgIpc) is 2.48. The van der Waals surface area contributed by atoms with Crippen LogP contribution in [0.25, 0.3) is 0 Å². The number of rotatable bonds is 5. The van der Waals surface area contributed by atoms with Gasteiger partial charge in [-0.25, -0.2) is 4.79 Å². The maximum absolute atomic E-state index is 11.9. The minimum absolute atomic E-state index is 0.0295. The van der Waals surface area contributed by atoms with Crippen molar-refractivity contribution in [2.75, 3.05) is 26.2 Å². The zero-order chi connectivity index (χ0) is 15.1. The topological polar surface area (TPSA) is 44.4 Å². The van der Waals surface area contributed by atoms with Gasteiger partial charge in [0, 0.05) is 12.6 Å². The number of likely N-dealkylation sites (tertiary alicyclic amines) is 1. The molecule has 1 saturated heterocycles. The Morgan fingerprint density at radius 3 is 2.29 bits per heavy atom. The largest absolute Gasteiger partial charge is 0.338 e. The number of hydrogen-bond acceptors (Lipinski definition) is 2. The van der Waals surface area contributed by atoms with Gasteiger partial charge in [-0.05, 0) is 76.4 Å². The van der Waals surface area contributed by atoms with Crippen LogP contribution in [0.2, 0.25) is 0 Å². The van der Waals surface area contributed by atoms with Gasteiger partial charge in [0.05, 0.1) is 0 Å². The van der Waals surface area contributed by atoms with Gasteiger partial charge in [-0.2, -0.15) is 0 Å². The van der Waals surface area contributed by atoms with Crippen LogP contribution >= 0.6 is 0 Å². The van der Waals surface area contributed by atoms with Crippen LogP contribution in [-0.4, -0.2) is 43.2 Å². The van der Waals surface area contributed by atoms with Crippen LogP contribution in [0.4, 0.5) is 4.79 Å². The summed E-state index contributed by atoms with van der Waals surface area (Å²) in [4.78, 5) is 14.4. The number of carbonyl (C=O) groups excluding carboxylic acids is 1. The summed E-state index contributed by atoms with van der Waals surface area (Å²) in [6.45, 7) is 9.02. The molecule has 0 aromatic carbocycles. The molecule has 0 bridgehead atoms. The molecule has 2 amide bonds. The molecule has 1 saturated carbocycles. The van der Waals surface area contributed by atoms with Crippen LogP contribution in [0.1, 0.15) is 58.8 Å². The van der Waals surface area contributed by atoms with Crippen LogP contribution in [0.15, 0.2) is 0 Å². The van der Waals surface area contributed by atoms with E-state index in [-0.39, 0.29) is 6.03 Å². The lowest BCUT2D eigenvalue weighted by molar-refractivity contribution is 0.189. The van der Waals surface area contributed by atoms with Gasteiger partial charge in [0.1, 0.15) is 0 Å².